The van der Waals surface area contributed by atoms with Crippen LogP contribution in [0.15, 0.2) is 0 Å². The van der Waals surface area contributed by atoms with Gasteiger partial charge in [-0.25, -0.2) is 9.18 Å². The smallest absolute Gasteiger partial charge is 0.340 e. The molecule has 0 saturated heterocycles. The fraction of sp³-hybridized carbons (Fsp3) is 0.938. The van der Waals surface area contributed by atoms with Crippen LogP contribution < -0.4 is 0 Å². The van der Waals surface area contributed by atoms with E-state index in [1.54, 1.807) is 0 Å². The SMILES string of the molecule is CCCCCCCCOC(=O)C(F)CCCCCC. The fourth-order valence-corrected chi connectivity index (χ4v) is 2.01. The van der Waals surface area contributed by atoms with Crippen LogP contribution >= 0.6 is 0 Å². The molecule has 1 atom stereocenters. The van der Waals surface area contributed by atoms with Gasteiger partial charge in [-0.05, 0) is 19.3 Å². The lowest BCUT2D eigenvalue weighted by Crippen LogP contribution is -2.19. The molecule has 0 aromatic rings. The molecule has 1 unspecified atom stereocenters. The summed E-state index contributed by atoms with van der Waals surface area (Å²) in [5.41, 5.74) is 0. The highest BCUT2D eigenvalue weighted by atomic mass is 19.1. The summed E-state index contributed by atoms with van der Waals surface area (Å²) in [5.74, 6) is -0.662. The van der Waals surface area contributed by atoms with E-state index in [-0.39, 0.29) is 0 Å². The summed E-state index contributed by atoms with van der Waals surface area (Å²) < 4.78 is 18.4. The number of carbonyl (C=O) groups is 1. The normalized spacial score (nSPS) is 12.4. The van der Waals surface area contributed by atoms with Crippen LogP contribution in [0.3, 0.4) is 0 Å². The molecule has 0 saturated carbocycles. The van der Waals surface area contributed by atoms with Gasteiger partial charge in [0.05, 0.1) is 6.61 Å². The van der Waals surface area contributed by atoms with Gasteiger partial charge in [-0.1, -0.05) is 65.2 Å². The van der Waals surface area contributed by atoms with Gasteiger partial charge in [0.1, 0.15) is 0 Å². The first-order chi connectivity index (χ1) is 9.22. The van der Waals surface area contributed by atoms with Crippen molar-refractivity contribution >= 4 is 5.97 Å². The number of unbranched alkanes of at least 4 members (excludes halogenated alkanes) is 8. The first kappa shape index (κ1) is 18.4. The molecule has 0 spiro atoms. The molecular formula is C16H31FO2. The monoisotopic (exact) mass is 274 g/mol. The van der Waals surface area contributed by atoms with Crippen LogP contribution in [0.2, 0.25) is 0 Å². The van der Waals surface area contributed by atoms with Crippen molar-refractivity contribution in [1.82, 2.24) is 0 Å². The molecule has 19 heavy (non-hydrogen) atoms. The Morgan fingerprint density at radius 1 is 0.895 bits per heavy atom. The summed E-state index contributed by atoms with van der Waals surface area (Å²) in [5, 5.41) is 0. The number of rotatable bonds is 13. The second kappa shape index (κ2) is 13.8. The summed E-state index contributed by atoms with van der Waals surface area (Å²) in [6.45, 7) is 4.67. The Bertz CT molecular complexity index is 207. The van der Waals surface area contributed by atoms with Crippen LogP contribution in [-0.4, -0.2) is 18.7 Å². The largest absolute Gasteiger partial charge is 0.464 e. The molecular weight excluding hydrogens is 243 g/mol. The van der Waals surface area contributed by atoms with Crippen molar-refractivity contribution in [3.05, 3.63) is 0 Å². The van der Waals surface area contributed by atoms with E-state index in [0.29, 0.717) is 13.0 Å². The fourth-order valence-electron chi connectivity index (χ4n) is 2.01. The third kappa shape index (κ3) is 12.2. The van der Waals surface area contributed by atoms with Crippen LogP contribution in [0.5, 0.6) is 0 Å². The average molecular weight is 274 g/mol. The first-order valence-electron chi connectivity index (χ1n) is 8.03. The van der Waals surface area contributed by atoms with Gasteiger partial charge in [-0.15, -0.1) is 0 Å². The van der Waals surface area contributed by atoms with Crippen LogP contribution in [0.4, 0.5) is 4.39 Å². The third-order valence-electron chi connectivity index (χ3n) is 3.31. The van der Waals surface area contributed by atoms with Crippen molar-refractivity contribution in [2.45, 2.75) is 90.6 Å². The molecule has 3 heteroatoms. The molecule has 0 aromatic carbocycles. The maximum absolute atomic E-state index is 13.4. The molecule has 0 aliphatic rings. The Labute approximate surface area is 118 Å². The van der Waals surface area contributed by atoms with Crippen LogP contribution in [0.1, 0.15) is 84.5 Å². The minimum absolute atomic E-state index is 0.315. The van der Waals surface area contributed by atoms with E-state index in [9.17, 15) is 9.18 Å². The van der Waals surface area contributed by atoms with Gasteiger partial charge >= 0.3 is 5.97 Å². The Kier molecular flexibility index (Phi) is 13.4. The standard InChI is InChI=1S/C16H31FO2/c1-3-5-7-9-10-12-14-19-16(18)15(17)13-11-8-6-4-2/h15H,3-14H2,1-2H3. The van der Waals surface area contributed by atoms with Gasteiger partial charge in [0.15, 0.2) is 6.17 Å². The van der Waals surface area contributed by atoms with Crippen molar-refractivity contribution < 1.29 is 13.9 Å². The van der Waals surface area contributed by atoms with Crippen molar-refractivity contribution in [1.29, 1.82) is 0 Å². The van der Waals surface area contributed by atoms with Crippen LogP contribution in [0.25, 0.3) is 0 Å². The van der Waals surface area contributed by atoms with Gasteiger partial charge in [-0.3, -0.25) is 0 Å². The van der Waals surface area contributed by atoms with E-state index in [4.69, 9.17) is 4.74 Å². The Balaban J connectivity index is 3.36. The lowest BCUT2D eigenvalue weighted by atomic mass is 10.1. The zero-order valence-corrected chi connectivity index (χ0v) is 12.8. The summed E-state index contributed by atoms with van der Waals surface area (Å²) in [4.78, 5) is 11.3. The number of halogens is 1. The van der Waals surface area contributed by atoms with E-state index < -0.39 is 12.1 Å². The molecule has 2 nitrogen and oxygen atoms in total. The van der Waals surface area contributed by atoms with Crippen molar-refractivity contribution in [2.75, 3.05) is 6.61 Å². The molecule has 0 aromatic heterocycles. The van der Waals surface area contributed by atoms with Crippen LogP contribution in [0, 0.1) is 0 Å². The summed E-state index contributed by atoms with van der Waals surface area (Å²) in [6, 6.07) is 0. The Hall–Kier alpha value is -0.600. The van der Waals surface area contributed by atoms with Crippen molar-refractivity contribution in [3.8, 4) is 0 Å². The number of ether oxygens (including phenoxy) is 1. The second-order valence-corrected chi connectivity index (χ2v) is 5.25. The van der Waals surface area contributed by atoms with E-state index in [2.05, 4.69) is 13.8 Å². The predicted molar refractivity (Wildman–Crippen MR) is 78.0 cm³/mol. The second-order valence-electron chi connectivity index (χ2n) is 5.25. The highest BCUT2D eigenvalue weighted by Crippen LogP contribution is 2.10. The van der Waals surface area contributed by atoms with E-state index in [0.717, 1.165) is 38.5 Å². The number of carbonyl (C=O) groups excluding carboxylic acids is 1. The predicted octanol–water partition coefficient (Wildman–Crippen LogP) is 5.20. The minimum atomic E-state index is -1.42. The highest BCUT2D eigenvalue weighted by Gasteiger charge is 2.17. The highest BCUT2D eigenvalue weighted by molar-refractivity contribution is 5.74. The molecule has 114 valence electrons. The number of hydrogen-bond acceptors (Lipinski definition) is 2. The average Bonchev–Trinajstić information content (AvgIpc) is 2.42. The van der Waals surface area contributed by atoms with Gasteiger partial charge in [0.25, 0.3) is 0 Å². The minimum Gasteiger partial charge on any atom is -0.464 e. The first-order valence-corrected chi connectivity index (χ1v) is 8.03. The van der Waals surface area contributed by atoms with E-state index in [1.165, 1.54) is 25.7 Å². The lowest BCUT2D eigenvalue weighted by molar-refractivity contribution is -0.150. The number of hydrogen-bond donors (Lipinski definition) is 0. The van der Waals surface area contributed by atoms with E-state index in [1.807, 2.05) is 0 Å². The van der Waals surface area contributed by atoms with Crippen molar-refractivity contribution in [3.63, 3.8) is 0 Å². The van der Waals surface area contributed by atoms with Crippen LogP contribution in [-0.2, 0) is 9.53 Å². The van der Waals surface area contributed by atoms with Crippen molar-refractivity contribution in [2.24, 2.45) is 0 Å². The van der Waals surface area contributed by atoms with Gasteiger partial charge < -0.3 is 4.74 Å². The van der Waals surface area contributed by atoms with E-state index >= 15 is 0 Å². The summed E-state index contributed by atoms with van der Waals surface area (Å²) >= 11 is 0. The molecule has 0 radical (unpaired) electrons. The Morgan fingerprint density at radius 2 is 1.42 bits per heavy atom. The van der Waals surface area contributed by atoms with Gasteiger partial charge in [0, 0.05) is 0 Å². The molecule has 0 heterocycles. The molecule has 0 N–H and O–H groups in total. The topological polar surface area (TPSA) is 26.3 Å². The maximum atomic E-state index is 13.4. The molecule has 0 aliphatic heterocycles. The molecule has 0 amide bonds. The lowest BCUT2D eigenvalue weighted by Gasteiger charge is -2.08. The Morgan fingerprint density at radius 3 is 2.05 bits per heavy atom. The number of esters is 1. The number of alkyl halides is 1. The zero-order chi connectivity index (χ0) is 14.3. The van der Waals surface area contributed by atoms with Gasteiger partial charge in [0.2, 0.25) is 0 Å². The molecule has 0 bridgehead atoms. The maximum Gasteiger partial charge on any atom is 0.340 e. The third-order valence-corrected chi connectivity index (χ3v) is 3.31. The zero-order valence-electron chi connectivity index (χ0n) is 12.8. The summed E-state index contributed by atoms with van der Waals surface area (Å²) in [6.07, 6.45) is 9.77. The summed E-state index contributed by atoms with van der Waals surface area (Å²) in [7, 11) is 0. The molecule has 0 fully saturated rings. The molecule has 0 rings (SSSR count). The molecule has 0 aliphatic carbocycles. The quantitative estimate of drug-likeness (QED) is 0.341. The van der Waals surface area contributed by atoms with Gasteiger partial charge in [-0.2, -0.15) is 0 Å².